The minimum atomic E-state index is -3.69. The Morgan fingerprint density at radius 1 is 0.540 bits per heavy atom. The van der Waals surface area contributed by atoms with Gasteiger partial charge in [0.25, 0.3) is 5.79 Å². The lowest BCUT2D eigenvalue weighted by molar-refractivity contribution is -0.402. The molecule has 32 atom stereocenters. The van der Waals surface area contributed by atoms with Crippen molar-refractivity contribution in [2.45, 2.75) is 223 Å². The molecule has 502 valence electrons. The van der Waals surface area contributed by atoms with E-state index in [9.17, 15) is 132 Å². The molecule has 39 heteroatoms. The standard InChI is InChI=1S/C48H79N3O36/c1-12(58)49-23-16(61)4-47(45(74)75,85-39(23)27(65)18(63)7-53)15(6-52)26(64)38-24(50-13(2)59)17(62)5-48(86-38,46(76)77)87-40-34(72)44(82-35-21(10-56)78-41(73)32(70)31(35)69)81-22(11-57)36(40)83-42-25(51-14(3)60)37(29(67)20(9-55)79-42)84-43-33(71)30(68)28(66)19(8-54)80-43/h15-44,52-57,61-73H,4-11H2,1-3H3,(H,49,58)(H,50,59)(H,51,60)(H,74,75)(H,76,77)/p-2/t15?,16-,17-,18?,19+,20+,21+,22+,23+,24+,25+,26?,27?,28-,29-,30-,31+,32+,33+,34+,35+,36-,37+,38+,39+,40+,41?,42-,43-,44-,47-,48-/m0/s1. The summed E-state index contributed by atoms with van der Waals surface area (Å²) in [6.07, 6.45) is -61.1. The van der Waals surface area contributed by atoms with Gasteiger partial charge in [0, 0.05) is 19.8 Å². The highest BCUT2D eigenvalue weighted by atomic mass is 16.8. The molecule has 0 aromatic heterocycles. The van der Waals surface area contributed by atoms with Crippen molar-refractivity contribution in [3.63, 3.8) is 0 Å². The van der Waals surface area contributed by atoms with Crippen molar-refractivity contribution in [1.82, 2.24) is 5.32 Å². The van der Waals surface area contributed by atoms with Gasteiger partial charge in [-0.15, -0.1) is 0 Å². The Bertz CT molecular complexity index is 2320. The highest BCUT2D eigenvalue weighted by Crippen LogP contribution is 2.46. The Morgan fingerprint density at radius 2 is 1.03 bits per heavy atom. The van der Waals surface area contributed by atoms with Gasteiger partial charge in [-0.1, -0.05) is 0 Å². The van der Waals surface area contributed by atoms with Gasteiger partial charge in [-0.25, -0.2) is 9.59 Å². The van der Waals surface area contributed by atoms with E-state index in [1.165, 1.54) is 0 Å². The summed E-state index contributed by atoms with van der Waals surface area (Å²) >= 11 is 0. The monoisotopic (exact) mass is 1270 g/mol. The molecule has 0 saturated carbocycles. The van der Waals surface area contributed by atoms with Crippen LogP contribution in [0.4, 0.5) is 0 Å². The molecule has 6 aliphatic rings. The molecule has 6 rings (SSSR count). The summed E-state index contributed by atoms with van der Waals surface area (Å²) in [6, 6.07) is -6.18. The number of aliphatic hydroxyl groups is 19. The van der Waals surface area contributed by atoms with Crippen molar-refractivity contribution in [3.05, 3.63) is 0 Å². The van der Waals surface area contributed by atoms with E-state index in [-0.39, 0.29) is 0 Å². The summed E-state index contributed by atoms with van der Waals surface area (Å²) in [5.41, 5.74) is -3.27. The van der Waals surface area contributed by atoms with Crippen LogP contribution in [0.1, 0.15) is 33.6 Å². The van der Waals surface area contributed by atoms with Crippen LogP contribution in [0.25, 0.3) is 0 Å². The van der Waals surface area contributed by atoms with Crippen LogP contribution in [0, 0.1) is 5.92 Å². The summed E-state index contributed by atoms with van der Waals surface area (Å²) in [7, 11) is 0. The molecule has 6 saturated heterocycles. The number of carbonyl (C=O) groups excluding carboxylic acids is 1. The maximum atomic E-state index is 14.0. The quantitative estimate of drug-likeness (QED) is 0.0315. The first-order valence-corrected chi connectivity index (χ1v) is 27.1. The molecule has 6 heterocycles. The molecule has 22 N–H and O–H groups in total. The number of carbonyl (C=O) groups is 3. The summed E-state index contributed by atoms with van der Waals surface area (Å²) in [6.45, 7) is -4.94. The molecule has 5 unspecified atom stereocenters. The van der Waals surface area contributed by atoms with E-state index in [1.54, 1.807) is 0 Å². The Labute approximate surface area is 491 Å². The Kier molecular flexibility index (Phi) is 25.0. The molecule has 0 radical (unpaired) electrons. The van der Waals surface area contributed by atoms with E-state index in [2.05, 4.69) is 15.3 Å². The van der Waals surface area contributed by atoms with E-state index in [1.807, 2.05) is 0 Å². The second-order valence-corrected chi connectivity index (χ2v) is 21.7. The van der Waals surface area contributed by atoms with Crippen molar-refractivity contribution < 1.29 is 179 Å². The molecule has 87 heavy (non-hydrogen) atoms. The number of hydrogen-bond acceptors (Lipinski definition) is 36. The lowest BCUT2D eigenvalue weighted by Gasteiger charge is -2.53. The number of nitrogens with one attached hydrogen (secondary N) is 1. The minimum Gasteiger partial charge on any atom is -0.862 e. The summed E-state index contributed by atoms with van der Waals surface area (Å²) in [5, 5.41) is 257. The third-order valence-electron chi connectivity index (χ3n) is 15.8. The first-order valence-electron chi connectivity index (χ1n) is 27.1. The summed E-state index contributed by atoms with van der Waals surface area (Å²) < 4.78 is 58.1. The van der Waals surface area contributed by atoms with E-state index in [0.29, 0.717) is 0 Å². The number of carboxylic acids is 2. The van der Waals surface area contributed by atoms with Crippen molar-refractivity contribution in [1.29, 1.82) is 0 Å². The van der Waals surface area contributed by atoms with Crippen LogP contribution in [-0.4, -0.2) is 365 Å². The SMILES string of the molecule is CC(=O)N[C@H]1[C@H](O[C@@H]2[C@H](O[C@]3(C(=O)O)C[C@H](O)[C@@H](N=C(C)[O-])[C@H](C(O)C(CO)[C@]4(C(=O)O)C[C@H](O)[C@@H](N=C(C)[O-])[C@H](C(O)C(O)CO)O4)O3)[C@@H](O)[C@H](O[C@H]3[C@H](O)[C@@H](O)C(O)O[C@@H]3CO)O[C@@H]2CO)O[C@H](CO)[C@H](O)[C@@H]1O[C@@H]1O[C@H](CO)[C@H](O)[C@H](O)[C@H]1O. The van der Waals surface area contributed by atoms with Gasteiger partial charge in [0.1, 0.15) is 134 Å². The molecular formula is C48H77N3O36-2. The number of carboxylic acid groups (broad SMARTS) is 2. The maximum Gasteiger partial charge on any atom is 0.364 e. The number of aliphatic carboxylic acids is 2. The highest BCUT2D eigenvalue weighted by Gasteiger charge is 2.65. The third kappa shape index (κ3) is 15.1. The molecular weight excluding hydrogens is 1190 g/mol. The zero-order valence-corrected chi connectivity index (χ0v) is 46.4. The van der Waals surface area contributed by atoms with Gasteiger partial charge in [-0.05, 0) is 25.6 Å². The average Bonchev–Trinajstić information content (AvgIpc) is 0.986. The zero-order chi connectivity index (χ0) is 65.1. The van der Waals surface area contributed by atoms with Crippen LogP contribution in [0.3, 0.4) is 0 Å². The first kappa shape index (κ1) is 72.3. The van der Waals surface area contributed by atoms with Gasteiger partial charge >= 0.3 is 11.9 Å². The summed E-state index contributed by atoms with van der Waals surface area (Å²) in [5.74, 6) is -14.0. The van der Waals surface area contributed by atoms with Crippen LogP contribution in [0.15, 0.2) is 9.98 Å². The fourth-order valence-corrected chi connectivity index (χ4v) is 11.4. The smallest absolute Gasteiger partial charge is 0.364 e. The fourth-order valence-electron chi connectivity index (χ4n) is 11.4. The highest BCUT2D eigenvalue weighted by molar-refractivity contribution is 5.79. The predicted molar refractivity (Wildman–Crippen MR) is 266 cm³/mol. The predicted octanol–water partition coefficient (Wildman–Crippen LogP) is -15.7. The number of rotatable bonds is 24. The van der Waals surface area contributed by atoms with Gasteiger partial charge in [0.2, 0.25) is 5.91 Å². The average molecular weight is 1270 g/mol. The largest absolute Gasteiger partial charge is 0.862 e. The molecule has 0 aliphatic carbocycles. The topological polar surface area (TPSA) is 651 Å². The fraction of sp³-hybridized carbons (Fsp3) is 0.896. The van der Waals surface area contributed by atoms with Crippen molar-refractivity contribution in [3.8, 4) is 0 Å². The van der Waals surface area contributed by atoms with Crippen molar-refractivity contribution in [2.24, 2.45) is 15.9 Å². The Hall–Kier alpha value is -3.81. The zero-order valence-electron chi connectivity index (χ0n) is 46.4. The summed E-state index contributed by atoms with van der Waals surface area (Å²) in [4.78, 5) is 47.9. The molecule has 0 bridgehead atoms. The van der Waals surface area contributed by atoms with E-state index in [0.717, 1.165) is 20.8 Å². The number of amides is 1. The van der Waals surface area contributed by atoms with Crippen molar-refractivity contribution >= 4 is 29.6 Å². The van der Waals surface area contributed by atoms with Crippen LogP contribution >= 0.6 is 0 Å². The number of ether oxygens (including phenoxy) is 10. The third-order valence-corrected chi connectivity index (χ3v) is 15.8. The van der Waals surface area contributed by atoms with E-state index >= 15 is 0 Å². The van der Waals surface area contributed by atoms with Crippen LogP contribution < -0.4 is 15.5 Å². The van der Waals surface area contributed by atoms with Gasteiger partial charge in [0.05, 0.1) is 63.9 Å². The Balaban J connectivity index is 1.49. The van der Waals surface area contributed by atoms with Gasteiger partial charge in [-0.2, -0.15) is 0 Å². The van der Waals surface area contributed by atoms with Gasteiger partial charge in [0.15, 0.2) is 30.8 Å². The molecule has 0 aromatic rings. The van der Waals surface area contributed by atoms with Gasteiger partial charge in [-0.3, -0.25) is 14.8 Å². The first-order chi connectivity index (χ1) is 40.8. The number of aliphatic imine (C=N–C) groups is 2. The molecule has 0 aromatic carbocycles. The van der Waals surface area contributed by atoms with Crippen molar-refractivity contribution in [2.75, 3.05) is 39.6 Å². The second kappa shape index (κ2) is 30.1. The number of aliphatic hydroxyl groups excluding tert-OH is 19. The lowest BCUT2D eigenvalue weighted by Crippen LogP contribution is -2.72. The number of nitrogens with zero attached hydrogens (tertiary/aromatic N) is 2. The minimum absolute atomic E-state index is 0.790. The van der Waals surface area contributed by atoms with E-state index < -0.39 is 277 Å². The molecule has 39 nitrogen and oxygen atoms in total. The molecule has 1 amide bonds. The lowest BCUT2D eigenvalue weighted by atomic mass is 9.72. The van der Waals surface area contributed by atoms with Crippen LogP contribution in [0.5, 0.6) is 0 Å². The second-order valence-electron chi connectivity index (χ2n) is 21.7. The molecule has 6 aliphatic heterocycles. The number of hydrogen-bond donors (Lipinski definition) is 22. The van der Waals surface area contributed by atoms with Gasteiger partial charge < -0.3 is 170 Å². The maximum absolute atomic E-state index is 14.0. The van der Waals surface area contributed by atoms with Crippen LogP contribution in [-0.2, 0) is 61.8 Å². The van der Waals surface area contributed by atoms with E-state index in [4.69, 9.17) is 47.4 Å². The normalized spacial score (nSPS) is 45.6. The van der Waals surface area contributed by atoms with Crippen LogP contribution in [0.2, 0.25) is 0 Å². The Morgan fingerprint density at radius 3 is 1.55 bits per heavy atom. The molecule has 6 fully saturated rings. The molecule has 0 spiro atoms.